The molecule has 60 valence electrons. The summed E-state index contributed by atoms with van der Waals surface area (Å²) in [4.78, 5) is 11.2. The Labute approximate surface area is 78.9 Å². The van der Waals surface area contributed by atoms with Crippen molar-refractivity contribution in [2.24, 2.45) is 7.05 Å². The fourth-order valence-corrected chi connectivity index (χ4v) is 1.26. The van der Waals surface area contributed by atoms with Crippen molar-refractivity contribution in [3.8, 4) is 0 Å². The lowest BCUT2D eigenvalue weighted by Crippen LogP contribution is -2.02. The molecule has 0 saturated carbocycles. The highest BCUT2D eigenvalue weighted by atomic mass is 127. The Balaban J connectivity index is 3.04. The van der Waals surface area contributed by atoms with E-state index in [0.717, 1.165) is 11.3 Å². The Bertz CT molecular complexity index is 280. The number of carbonyl (C=O) groups is 1. The fourth-order valence-electron chi connectivity index (χ4n) is 0.844. The van der Waals surface area contributed by atoms with Crippen molar-refractivity contribution in [1.29, 1.82) is 0 Å². The van der Waals surface area contributed by atoms with Gasteiger partial charge in [-0.05, 0) is 6.92 Å². The Kier molecular flexibility index (Phi) is 2.64. The SMILES string of the molecule is Cc1c(C(=O)CI)cnn1C. The first-order valence-corrected chi connectivity index (χ1v) is 4.77. The number of aromatic nitrogens is 2. The number of aryl methyl sites for hydroxylation is 1. The lowest BCUT2D eigenvalue weighted by atomic mass is 10.2. The molecule has 4 heteroatoms. The summed E-state index contributed by atoms with van der Waals surface area (Å²) in [5.41, 5.74) is 1.67. The summed E-state index contributed by atoms with van der Waals surface area (Å²) < 4.78 is 2.23. The monoisotopic (exact) mass is 264 g/mol. The largest absolute Gasteiger partial charge is 0.293 e. The number of alkyl halides is 1. The number of Topliss-reactive ketones (excluding diaryl/α,β-unsaturated/α-hetero) is 1. The topological polar surface area (TPSA) is 34.9 Å². The quantitative estimate of drug-likeness (QED) is 0.459. The van der Waals surface area contributed by atoms with E-state index >= 15 is 0 Å². The van der Waals surface area contributed by atoms with Crippen molar-refractivity contribution < 1.29 is 4.79 Å². The lowest BCUT2D eigenvalue weighted by Gasteiger charge is -1.95. The van der Waals surface area contributed by atoms with Crippen LogP contribution in [0.1, 0.15) is 16.1 Å². The van der Waals surface area contributed by atoms with E-state index in [1.165, 1.54) is 0 Å². The van der Waals surface area contributed by atoms with Crippen molar-refractivity contribution in [2.75, 3.05) is 4.43 Å². The van der Waals surface area contributed by atoms with Gasteiger partial charge in [0.15, 0.2) is 5.78 Å². The average Bonchev–Trinajstić information content (AvgIpc) is 2.32. The van der Waals surface area contributed by atoms with Crippen LogP contribution in [0, 0.1) is 6.92 Å². The van der Waals surface area contributed by atoms with Crippen LogP contribution in [-0.2, 0) is 7.05 Å². The highest BCUT2D eigenvalue weighted by Crippen LogP contribution is 2.07. The van der Waals surface area contributed by atoms with Gasteiger partial charge >= 0.3 is 0 Å². The first kappa shape index (κ1) is 8.70. The first-order valence-electron chi connectivity index (χ1n) is 3.24. The van der Waals surface area contributed by atoms with Crippen LogP contribution in [0.2, 0.25) is 0 Å². The van der Waals surface area contributed by atoms with E-state index < -0.39 is 0 Å². The van der Waals surface area contributed by atoms with Gasteiger partial charge in [0.05, 0.1) is 16.2 Å². The summed E-state index contributed by atoms with van der Waals surface area (Å²) in [7, 11) is 1.83. The molecule has 0 aromatic carbocycles. The number of hydrogen-bond donors (Lipinski definition) is 0. The van der Waals surface area contributed by atoms with Crippen molar-refractivity contribution in [3.05, 3.63) is 17.5 Å². The summed E-state index contributed by atoms with van der Waals surface area (Å²) in [6.45, 7) is 1.90. The van der Waals surface area contributed by atoms with Crippen molar-refractivity contribution in [2.45, 2.75) is 6.92 Å². The molecule has 0 spiro atoms. The second kappa shape index (κ2) is 3.34. The summed E-state index contributed by atoms with van der Waals surface area (Å²) in [5, 5.41) is 3.98. The molecular formula is C7H9IN2O. The zero-order valence-electron chi connectivity index (χ0n) is 6.47. The normalized spacial score (nSPS) is 10.1. The third kappa shape index (κ3) is 1.61. The minimum absolute atomic E-state index is 0.149. The molecule has 3 nitrogen and oxygen atoms in total. The van der Waals surface area contributed by atoms with Crippen LogP contribution < -0.4 is 0 Å². The maximum absolute atomic E-state index is 11.2. The molecule has 0 aliphatic heterocycles. The van der Waals surface area contributed by atoms with E-state index in [-0.39, 0.29) is 5.78 Å². The van der Waals surface area contributed by atoms with Gasteiger partial charge in [-0.3, -0.25) is 9.48 Å². The number of hydrogen-bond acceptors (Lipinski definition) is 2. The average molecular weight is 264 g/mol. The Morgan fingerprint density at radius 2 is 2.45 bits per heavy atom. The first-order chi connectivity index (χ1) is 5.16. The van der Waals surface area contributed by atoms with Gasteiger partial charge in [0.1, 0.15) is 0 Å². The van der Waals surface area contributed by atoms with Crippen LogP contribution in [0.4, 0.5) is 0 Å². The molecule has 1 aromatic heterocycles. The predicted octanol–water partition coefficient (Wildman–Crippen LogP) is 1.35. The van der Waals surface area contributed by atoms with E-state index in [9.17, 15) is 4.79 Å². The van der Waals surface area contributed by atoms with Gasteiger partial charge in [0.2, 0.25) is 0 Å². The molecule has 1 heterocycles. The maximum atomic E-state index is 11.2. The molecular weight excluding hydrogens is 255 g/mol. The molecule has 0 saturated heterocycles. The third-order valence-corrected chi connectivity index (χ3v) is 2.35. The van der Waals surface area contributed by atoms with Gasteiger partial charge in [-0.25, -0.2) is 0 Å². The van der Waals surface area contributed by atoms with Crippen molar-refractivity contribution >= 4 is 28.4 Å². The second-order valence-electron chi connectivity index (χ2n) is 2.32. The molecule has 0 N–H and O–H groups in total. The van der Waals surface area contributed by atoms with Gasteiger partial charge in [-0.1, -0.05) is 22.6 Å². The van der Waals surface area contributed by atoms with Crippen LogP contribution in [0.15, 0.2) is 6.20 Å². The molecule has 1 rings (SSSR count). The molecule has 0 bridgehead atoms. The summed E-state index contributed by atoms with van der Waals surface area (Å²) >= 11 is 2.06. The highest BCUT2D eigenvalue weighted by molar-refractivity contribution is 14.1. The van der Waals surface area contributed by atoms with Crippen LogP contribution in [-0.4, -0.2) is 20.0 Å². The highest BCUT2D eigenvalue weighted by Gasteiger charge is 2.10. The zero-order valence-corrected chi connectivity index (χ0v) is 8.62. The minimum Gasteiger partial charge on any atom is -0.293 e. The predicted molar refractivity (Wildman–Crippen MR) is 51.2 cm³/mol. The molecule has 11 heavy (non-hydrogen) atoms. The number of nitrogens with zero attached hydrogens (tertiary/aromatic N) is 2. The van der Waals surface area contributed by atoms with Gasteiger partial charge < -0.3 is 0 Å². The molecule has 0 fully saturated rings. The zero-order chi connectivity index (χ0) is 8.43. The number of rotatable bonds is 2. The second-order valence-corrected chi connectivity index (χ2v) is 3.09. The Morgan fingerprint density at radius 1 is 1.82 bits per heavy atom. The smallest absolute Gasteiger partial charge is 0.175 e. The maximum Gasteiger partial charge on any atom is 0.175 e. The summed E-state index contributed by atoms with van der Waals surface area (Å²) in [6, 6.07) is 0. The number of carbonyl (C=O) groups excluding carboxylic acids is 1. The molecule has 0 radical (unpaired) electrons. The van der Waals surface area contributed by atoms with Crippen LogP contribution >= 0.6 is 22.6 Å². The molecule has 0 unspecified atom stereocenters. The summed E-state index contributed by atoms with van der Waals surface area (Å²) in [6.07, 6.45) is 1.62. The van der Waals surface area contributed by atoms with Gasteiger partial charge in [-0.2, -0.15) is 5.10 Å². The van der Waals surface area contributed by atoms with E-state index in [1.807, 2.05) is 14.0 Å². The van der Waals surface area contributed by atoms with Crippen LogP contribution in [0.3, 0.4) is 0 Å². The van der Waals surface area contributed by atoms with Crippen molar-refractivity contribution in [1.82, 2.24) is 9.78 Å². The van der Waals surface area contributed by atoms with E-state index in [0.29, 0.717) is 4.43 Å². The molecule has 0 aliphatic rings. The summed E-state index contributed by atoms with van der Waals surface area (Å²) in [5.74, 6) is 0.149. The molecule has 0 atom stereocenters. The van der Waals surface area contributed by atoms with E-state index in [4.69, 9.17) is 0 Å². The third-order valence-electron chi connectivity index (χ3n) is 1.66. The molecule has 0 amide bonds. The van der Waals surface area contributed by atoms with E-state index in [1.54, 1.807) is 10.9 Å². The van der Waals surface area contributed by atoms with Crippen LogP contribution in [0.5, 0.6) is 0 Å². The lowest BCUT2D eigenvalue weighted by molar-refractivity contribution is 0.102. The van der Waals surface area contributed by atoms with Gasteiger partial charge in [0.25, 0.3) is 0 Å². The Morgan fingerprint density at radius 3 is 2.82 bits per heavy atom. The van der Waals surface area contributed by atoms with Gasteiger partial charge in [-0.15, -0.1) is 0 Å². The fraction of sp³-hybridized carbons (Fsp3) is 0.429. The Hall–Kier alpha value is -0.390. The number of ketones is 1. The number of halogens is 1. The molecule has 0 aliphatic carbocycles. The van der Waals surface area contributed by atoms with Crippen molar-refractivity contribution in [3.63, 3.8) is 0 Å². The van der Waals surface area contributed by atoms with Gasteiger partial charge in [0, 0.05) is 12.7 Å². The van der Waals surface area contributed by atoms with Crippen LogP contribution in [0.25, 0.3) is 0 Å². The standard InChI is InChI=1S/C7H9IN2O/c1-5-6(7(11)3-8)4-9-10(5)2/h4H,3H2,1-2H3. The minimum atomic E-state index is 0.149. The van der Waals surface area contributed by atoms with E-state index in [2.05, 4.69) is 27.7 Å². The molecule has 1 aromatic rings.